The standard InChI is InChI=1S/C13H18N4O2S2/c1-13(2,3)17-11(15-16-12(17)21(14,18)19)10-7-8-5-4-6-9(8)20-10/h7H,4-6H2,1-3H3,(H2,14,18,19). The van der Waals surface area contributed by atoms with Gasteiger partial charge in [-0.1, -0.05) is 0 Å². The van der Waals surface area contributed by atoms with E-state index in [0.717, 1.165) is 17.7 Å². The normalized spacial score (nSPS) is 15.4. The van der Waals surface area contributed by atoms with E-state index >= 15 is 0 Å². The topological polar surface area (TPSA) is 90.9 Å². The Morgan fingerprint density at radius 2 is 2.00 bits per heavy atom. The van der Waals surface area contributed by atoms with Crippen LogP contribution < -0.4 is 5.14 Å². The molecule has 0 radical (unpaired) electrons. The van der Waals surface area contributed by atoms with Gasteiger partial charge in [0.2, 0.25) is 0 Å². The molecule has 0 saturated heterocycles. The zero-order chi connectivity index (χ0) is 15.4. The molecule has 21 heavy (non-hydrogen) atoms. The number of sulfonamides is 1. The molecule has 0 bridgehead atoms. The van der Waals surface area contributed by atoms with Gasteiger partial charge in [-0.05, 0) is 51.7 Å². The lowest BCUT2D eigenvalue weighted by atomic mass is 10.1. The Labute approximate surface area is 128 Å². The van der Waals surface area contributed by atoms with Gasteiger partial charge in [-0.3, -0.25) is 4.57 Å². The zero-order valence-electron chi connectivity index (χ0n) is 12.3. The molecule has 6 nitrogen and oxygen atoms in total. The van der Waals surface area contributed by atoms with Gasteiger partial charge in [-0.15, -0.1) is 21.5 Å². The summed E-state index contributed by atoms with van der Waals surface area (Å²) in [6.45, 7) is 5.74. The van der Waals surface area contributed by atoms with Crippen LogP contribution in [0.2, 0.25) is 0 Å². The van der Waals surface area contributed by atoms with E-state index in [0.29, 0.717) is 5.82 Å². The van der Waals surface area contributed by atoms with Crippen LogP contribution in [0.5, 0.6) is 0 Å². The molecule has 2 aromatic rings. The van der Waals surface area contributed by atoms with E-state index in [-0.39, 0.29) is 5.16 Å². The molecule has 0 aliphatic heterocycles. The Morgan fingerprint density at radius 1 is 1.29 bits per heavy atom. The highest BCUT2D eigenvalue weighted by molar-refractivity contribution is 7.89. The molecule has 0 amide bonds. The molecule has 0 saturated carbocycles. The smallest absolute Gasteiger partial charge is 0.273 e. The number of nitrogens with zero attached hydrogens (tertiary/aromatic N) is 3. The van der Waals surface area contributed by atoms with Crippen molar-refractivity contribution in [2.24, 2.45) is 5.14 Å². The highest BCUT2D eigenvalue weighted by atomic mass is 32.2. The van der Waals surface area contributed by atoms with Gasteiger partial charge in [-0.2, -0.15) is 0 Å². The fraction of sp³-hybridized carbons (Fsp3) is 0.538. The van der Waals surface area contributed by atoms with Crippen LogP contribution in [0, 0.1) is 0 Å². The Balaban J connectivity index is 2.21. The lowest BCUT2D eigenvalue weighted by Gasteiger charge is -2.23. The number of aromatic nitrogens is 3. The summed E-state index contributed by atoms with van der Waals surface area (Å²) in [6, 6.07) is 2.10. The zero-order valence-corrected chi connectivity index (χ0v) is 13.9. The van der Waals surface area contributed by atoms with E-state index < -0.39 is 15.6 Å². The highest BCUT2D eigenvalue weighted by Gasteiger charge is 2.30. The summed E-state index contributed by atoms with van der Waals surface area (Å²) in [4.78, 5) is 2.32. The lowest BCUT2D eigenvalue weighted by Crippen LogP contribution is -2.29. The quantitative estimate of drug-likeness (QED) is 0.912. The van der Waals surface area contributed by atoms with Crippen LogP contribution in [0.3, 0.4) is 0 Å². The van der Waals surface area contributed by atoms with Gasteiger partial charge in [0, 0.05) is 10.4 Å². The molecular formula is C13H18N4O2S2. The maximum atomic E-state index is 11.7. The van der Waals surface area contributed by atoms with E-state index in [4.69, 9.17) is 5.14 Å². The number of rotatable bonds is 2. The molecule has 2 aromatic heterocycles. The number of hydrogen-bond donors (Lipinski definition) is 1. The van der Waals surface area contributed by atoms with Crippen molar-refractivity contribution in [3.63, 3.8) is 0 Å². The number of fused-ring (bicyclic) bond motifs is 1. The second-order valence-corrected chi connectivity index (χ2v) is 8.86. The summed E-state index contributed by atoms with van der Waals surface area (Å²) >= 11 is 1.67. The first-order valence-corrected chi connectivity index (χ1v) is 9.15. The van der Waals surface area contributed by atoms with E-state index in [1.165, 1.54) is 16.9 Å². The van der Waals surface area contributed by atoms with Crippen molar-refractivity contribution in [2.75, 3.05) is 0 Å². The fourth-order valence-electron chi connectivity index (χ4n) is 2.66. The third-order valence-corrected chi connectivity index (χ3v) is 5.53. The minimum atomic E-state index is -3.90. The lowest BCUT2D eigenvalue weighted by molar-refractivity contribution is 0.366. The van der Waals surface area contributed by atoms with Gasteiger partial charge in [0.15, 0.2) is 5.82 Å². The van der Waals surface area contributed by atoms with E-state index in [9.17, 15) is 8.42 Å². The van der Waals surface area contributed by atoms with Crippen molar-refractivity contribution in [3.05, 3.63) is 16.5 Å². The monoisotopic (exact) mass is 326 g/mol. The highest BCUT2D eigenvalue weighted by Crippen LogP contribution is 2.37. The predicted molar refractivity (Wildman–Crippen MR) is 81.7 cm³/mol. The van der Waals surface area contributed by atoms with Gasteiger partial charge < -0.3 is 0 Å². The van der Waals surface area contributed by atoms with Crippen molar-refractivity contribution in [2.45, 2.75) is 50.7 Å². The first kappa shape index (κ1) is 14.7. The molecule has 0 spiro atoms. The number of hydrogen-bond acceptors (Lipinski definition) is 5. The molecule has 2 N–H and O–H groups in total. The minimum absolute atomic E-state index is 0.182. The van der Waals surface area contributed by atoms with Gasteiger partial charge in [0.05, 0.1) is 4.88 Å². The summed E-state index contributed by atoms with van der Waals surface area (Å²) in [7, 11) is -3.90. The molecule has 3 rings (SSSR count). The summed E-state index contributed by atoms with van der Waals surface area (Å²) in [6.07, 6.45) is 3.36. The second-order valence-electron chi connectivity index (χ2n) is 6.27. The molecule has 8 heteroatoms. The third-order valence-electron chi connectivity index (χ3n) is 3.53. The van der Waals surface area contributed by atoms with E-state index in [2.05, 4.69) is 16.3 Å². The number of aryl methyl sites for hydroxylation is 2. The summed E-state index contributed by atoms with van der Waals surface area (Å²) < 4.78 is 25.1. The van der Waals surface area contributed by atoms with Crippen molar-refractivity contribution in [1.82, 2.24) is 14.8 Å². The molecule has 2 heterocycles. The predicted octanol–water partition coefficient (Wildman–Crippen LogP) is 1.90. The Bertz CT molecular complexity index is 775. The molecule has 0 aromatic carbocycles. The second kappa shape index (κ2) is 4.62. The largest absolute Gasteiger partial charge is 0.291 e. The maximum absolute atomic E-state index is 11.7. The van der Waals surface area contributed by atoms with Gasteiger partial charge in [-0.25, -0.2) is 13.6 Å². The van der Waals surface area contributed by atoms with Crippen LogP contribution in [0.15, 0.2) is 11.2 Å². The third kappa shape index (κ3) is 2.51. The van der Waals surface area contributed by atoms with Crippen LogP contribution in [0.25, 0.3) is 10.7 Å². The Hall–Kier alpha value is -1.25. The van der Waals surface area contributed by atoms with Crippen molar-refractivity contribution >= 4 is 21.4 Å². The average molecular weight is 326 g/mol. The number of primary sulfonamides is 1. The molecule has 0 unspecified atom stereocenters. The fourth-order valence-corrected chi connectivity index (χ4v) is 4.66. The number of thiophene rings is 1. The van der Waals surface area contributed by atoms with E-state index in [1.54, 1.807) is 15.9 Å². The summed E-state index contributed by atoms with van der Waals surface area (Å²) in [5, 5.41) is 13.0. The molecule has 0 atom stereocenters. The molecule has 0 fully saturated rings. The molecule has 114 valence electrons. The Kier molecular flexibility index (Phi) is 3.23. The van der Waals surface area contributed by atoms with Crippen LogP contribution in [-0.2, 0) is 28.4 Å². The maximum Gasteiger partial charge on any atom is 0.273 e. The molecule has 1 aliphatic rings. The van der Waals surface area contributed by atoms with Crippen molar-refractivity contribution < 1.29 is 8.42 Å². The van der Waals surface area contributed by atoms with Crippen LogP contribution in [-0.4, -0.2) is 23.2 Å². The first-order chi connectivity index (χ1) is 9.68. The van der Waals surface area contributed by atoms with Gasteiger partial charge >= 0.3 is 0 Å². The first-order valence-electron chi connectivity index (χ1n) is 6.78. The molecular weight excluding hydrogens is 308 g/mol. The van der Waals surface area contributed by atoms with Crippen LogP contribution >= 0.6 is 11.3 Å². The number of nitrogens with two attached hydrogens (primary N) is 1. The van der Waals surface area contributed by atoms with E-state index in [1.807, 2.05) is 20.8 Å². The van der Waals surface area contributed by atoms with Gasteiger partial charge in [0.1, 0.15) is 0 Å². The van der Waals surface area contributed by atoms with Crippen LogP contribution in [0.4, 0.5) is 0 Å². The van der Waals surface area contributed by atoms with Crippen LogP contribution in [0.1, 0.15) is 37.6 Å². The average Bonchev–Trinajstić information content (AvgIpc) is 2.99. The van der Waals surface area contributed by atoms with Crippen molar-refractivity contribution in [1.29, 1.82) is 0 Å². The molecule has 1 aliphatic carbocycles. The summed E-state index contributed by atoms with van der Waals surface area (Å²) in [5.41, 5.74) is 0.866. The minimum Gasteiger partial charge on any atom is -0.291 e. The van der Waals surface area contributed by atoms with Gasteiger partial charge in [0.25, 0.3) is 15.2 Å². The SMILES string of the molecule is CC(C)(C)n1c(-c2cc3c(s2)CCC3)nnc1S(N)(=O)=O. The summed E-state index contributed by atoms with van der Waals surface area (Å²) in [5.74, 6) is 0.575. The van der Waals surface area contributed by atoms with Crippen molar-refractivity contribution in [3.8, 4) is 10.7 Å². The Morgan fingerprint density at radius 3 is 2.57 bits per heavy atom.